The zero-order valence-corrected chi connectivity index (χ0v) is 21.0. The Morgan fingerprint density at radius 3 is 2.70 bits per heavy atom. The molecule has 8 nitrogen and oxygen atoms in total. The number of hydrogen-bond donors (Lipinski definition) is 2. The highest BCUT2D eigenvalue weighted by atomic mass is 19.1. The summed E-state index contributed by atoms with van der Waals surface area (Å²) in [6, 6.07) is 10.1. The van der Waals surface area contributed by atoms with Gasteiger partial charge in [-0.2, -0.15) is 5.26 Å². The van der Waals surface area contributed by atoms with Crippen molar-refractivity contribution in [2.24, 2.45) is 5.92 Å². The van der Waals surface area contributed by atoms with Gasteiger partial charge in [-0.15, -0.1) is 0 Å². The molecule has 0 spiro atoms. The van der Waals surface area contributed by atoms with Crippen molar-refractivity contribution in [3.8, 4) is 6.07 Å². The van der Waals surface area contributed by atoms with Crippen molar-refractivity contribution >= 4 is 33.7 Å². The van der Waals surface area contributed by atoms with E-state index in [-0.39, 0.29) is 29.5 Å². The van der Waals surface area contributed by atoms with Crippen LogP contribution in [-0.4, -0.2) is 45.6 Å². The number of likely N-dealkylation sites (tertiary alicyclic amines) is 1. The van der Waals surface area contributed by atoms with Crippen molar-refractivity contribution in [2.75, 3.05) is 0 Å². The smallest absolute Gasteiger partial charge is 0.411 e. The van der Waals surface area contributed by atoms with Crippen LogP contribution in [0.15, 0.2) is 41.2 Å². The zero-order valence-electron chi connectivity index (χ0n) is 21.0. The number of nitriles is 1. The Kier molecular flexibility index (Phi) is 6.14. The second-order valence-electron chi connectivity index (χ2n) is 10.9. The van der Waals surface area contributed by atoms with Gasteiger partial charge in [0.25, 0.3) is 5.56 Å². The topological polar surface area (TPSA) is 115 Å². The molecular weight excluding hydrogens is 475 g/mol. The summed E-state index contributed by atoms with van der Waals surface area (Å²) >= 11 is 0. The molecule has 2 aliphatic rings. The van der Waals surface area contributed by atoms with Gasteiger partial charge < -0.3 is 15.0 Å². The number of halogens is 1. The third kappa shape index (κ3) is 4.64. The Morgan fingerprint density at radius 2 is 1.97 bits per heavy atom. The van der Waals surface area contributed by atoms with E-state index in [1.807, 2.05) is 12.1 Å². The molecule has 1 unspecified atom stereocenters. The zero-order chi connectivity index (χ0) is 26.5. The van der Waals surface area contributed by atoms with Gasteiger partial charge in [0.1, 0.15) is 23.5 Å². The van der Waals surface area contributed by atoms with Gasteiger partial charge >= 0.3 is 6.09 Å². The lowest BCUT2D eigenvalue weighted by atomic mass is 9.96. The third-order valence-electron chi connectivity index (χ3n) is 7.25. The number of rotatable bonds is 4. The second kappa shape index (κ2) is 9.18. The van der Waals surface area contributed by atoms with E-state index in [2.05, 4.69) is 10.3 Å². The van der Waals surface area contributed by atoms with Crippen molar-refractivity contribution < 1.29 is 18.7 Å². The molecular formula is C28H29FN4O4. The molecule has 0 radical (unpaired) electrons. The Bertz CT molecular complexity index is 1500. The number of amides is 2. The minimum atomic E-state index is -1.04. The molecule has 1 aliphatic heterocycles. The maximum absolute atomic E-state index is 15.2. The highest BCUT2D eigenvalue weighted by Gasteiger charge is 2.52. The summed E-state index contributed by atoms with van der Waals surface area (Å²) in [6.45, 7) is 5.31. The third-order valence-corrected chi connectivity index (χ3v) is 7.25. The lowest BCUT2D eigenvalue weighted by Crippen LogP contribution is -2.55. The number of carbonyl (C=O) groups is 2. The summed E-state index contributed by atoms with van der Waals surface area (Å²) < 4.78 is 20.7. The monoisotopic (exact) mass is 504 g/mol. The van der Waals surface area contributed by atoms with Crippen molar-refractivity contribution in [1.29, 1.82) is 5.26 Å². The van der Waals surface area contributed by atoms with Gasteiger partial charge in [0.2, 0.25) is 5.91 Å². The fourth-order valence-electron chi connectivity index (χ4n) is 5.71. The minimum absolute atomic E-state index is 0.0129. The maximum atomic E-state index is 15.2. The number of ether oxygens (including phenoxy) is 1. The van der Waals surface area contributed by atoms with Crippen molar-refractivity contribution in [1.82, 2.24) is 15.2 Å². The SMILES string of the molecule is CC(C)(C)OC(=O)N1[C@@H]2CC[C@@H](C2)[C@H]1C(=O)NC(C#N)Cc1cc2c(=O)[nH]c3ccccc3c2cc1F. The molecule has 2 heterocycles. The normalized spacial score (nSPS) is 21.7. The molecule has 37 heavy (non-hydrogen) atoms. The molecule has 2 fully saturated rings. The summed E-state index contributed by atoms with van der Waals surface area (Å²) in [5.41, 5.74) is -0.305. The molecule has 9 heteroatoms. The molecule has 1 saturated carbocycles. The molecule has 192 valence electrons. The molecule has 2 aromatic carbocycles. The summed E-state index contributed by atoms with van der Waals surface area (Å²) in [5.74, 6) is -1.02. The van der Waals surface area contributed by atoms with E-state index in [0.717, 1.165) is 12.8 Å². The van der Waals surface area contributed by atoms with Crippen LogP contribution in [0.4, 0.5) is 9.18 Å². The number of pyridine rings is 1. The molecule has 2 bridgehead atoms. The number of aromatic nitrogens is 1. The number of fused-ring (bicyclic) bond motifs is 5. The summed E-state index contributed by atoms with van der Waals surface area (Å²) in [4.78, 5) is 43.2. The van der Waals surface area contributed by atoms with Gasteiger partial charge in [0.05, 0.1) is 6.07 Å². The Labute approximate surface area is 213 Å². The van der Waals surface area contributed by atoms with E-state index in [0.29, 0.717) is 28.1 Å². The number of nitrogens with one attached hydrogen (secondary N) is 2. The van der Waals surface area contributed by atoms with E-state index >= 15 is 4.39 Å². The molecule has 3 aromatic rings. The van der Waals surface area contributed by atoms with Gasteiger partial charge in [-0.05, 0) is 75.1 Å². The van der Waals surface area contributed by atoms with Crippen LogP contribution in [0.3, 0.4) is 0 Å². The first-order valence-electron chi connectivity index (χ1n) is 12.5. The van der Waals surface area contributed by atoms with Crippen LogP contribution in [0.1, 0.15) is 45.6 Å². The average molecular weight is 505 g/mol. The number of benzene rings is 2. The molecule has 1 saturated heterocycles. The van der Waals surface area contributed by atoms with E-state index < -0.39 is 35.5 Å². The molecule has 1 aromatic heterocycles. The van der Waals surface area contributed by atoms with Gasteiger partial charge in [0, 0.05) is 28.8 Å². The molecule has 2 N–H and O–H groups in total. The van der Waals surface area contributed by atoms with E-state index in [1.54, 1.807) is 39.0 Å². The lowest BCUT2D eigenvalue weighted by Gasteiger charge is -2.35. The Balaban J connectivity index is 1.38. The predicted octanol–water partition coefficient (Wildman–Crippen LogP) is 4.16. The van der Waals surface area contributed by atoms with Crippen LogP contribution in [0.25, 0.3) is 21.7 Å². The largest absolute Gasteiger partial charge is 0.444 e. The second-order valence-corrected chi connectivity index (χ2v) is 10.9. The molecule has 2 amide bonds. The predicted molar refractivity (Wildman–Crippen MR) is 136 cm³/mol. The number of hydrogen-bond acceptors (Lipinski definition) is 5. The number of carbonyl (C=O) groups excluding carboxylic acids is 2. The van der Waals surface area contributed by atoms with Crippen LogP contribution in [0.2, 0.25) is 0 Å². The minimum Gasteiger partial charge on any atom is -0.444 e. The first-order valence-corrected chi connectivity index (χ1v) is 12.5. The highest BCUT2D eigenvalue weighted by molar-refractivity contribution is 6.05. The van der Waals surface area contributed by atoms with Crippen LogP contribution in [-0.2, 0) is 16.0 Å². The first kappa shape index (κ1) is 24.8. The number of para-hydroxylation sites is 1. The average Bonchev–Trinajstić information content (AvgIpc) is 3.45. The van der Waals surface area contributed by atoms with Crippen LogP contribution in [0.5, 0.6) is 0 Å². The van der Waals surface area contributed by atoms with Gasteiger partial charge in [-0.1, -0.05) is 18.2 Å². The molecule has 1 aliphatic carbocycles. The summed E-state index contributed by atoms with van der Waals surface area (Å²) in [6.07, 6.45) is 1.67. The first-order chi connectivity index (χ1) is 17.6. The highest BCUT2D eigenvalue weighted by Crippen LogP contribution is 2.43. The van der Waals surface area contributed by atoms with Crippen molar-refractivity contribution in [3.05, 3.63) is 58.1 Å². The maximum Gasteiger partial charge on any atom is 0.411 e. The Hall–Kier alpha value is -3.93. The Morgan fingerprint density at radius 1 is 1.22 bits per heavy atom. The summed E-state index contributed by atoms with van der Waals surface area (Å²) in [7, 11) is 0. The van der Waals surface area contributed by atoms with Crippen LogP contribution in [0, 0.1) is 23.1 Å². The standard InChI is InChI=1S/C28H29FN4O4/c1-28(2,3)37-27(36)33-18-9-8-15(11-18)24(33)26(35)31-17(14-30)10-16-12-21-20(13-22(16)29)19-6-4-5-7-23(19)32-25(21)34/h4-7,12-13,15,17-18,24H,8-11H2,1-3H3,(H,31,35)(H,32,34)/t15-,17?,18+,24-/m0/s1. The van der Waals surface area contributed by atoms with E-state index in [4.69, 9.17) is 4.74 Å². The fourth-order valence-corrected chi connectivity index (χ4v) is 5.71. The van der Waals surface area contributed by atoms with E-state index in [1.165, 1.54) is 17.0 Å². The fraction of sp³-hybridized carbons (Fsp3) is 0.429. The van der Waals surface area contributed by atoms with Crippen LogP contribution < -0.4 is 10.9 Å². The quantitative estimate of drug-likeness (QED) is 0.518. The molecule has 5 rings (SSSR count). The van der Waals surface area contributed by atoms with Crippen molar-refractivity contribution in [3.63, 3.8) is 0 Å². The van der Waals surface area contributed by atoms with E-state index in [9.17, 15) is 19.6 Å². The summed E-state index contributed by atoms with van der Waals surface area (Å²) in [5, 5.41) is 14.0. The van der Waals surface area contributed by atoms with Gasteiger partial charge in [0.15, 0.2) is 0 Å². The number of H-pyrrole nitrogens is 1. The van der Waals surface area contributed by atoms with Crippen molar-refractivity contribution in [2.45, 2.75) is 70.2 Å². The molecule has 4 atom stereocenters. The van der Waals surface area contributed by atoms with Gasteiger partial charge in [-0.25, -0.2) is 9.18 Å². The number of piperidine rings is 1. The lowest BCUT2D eigenvalue weighted by molar-refractivity contribution is -0.128. The number of nitrogens with zero attached hydrogens (tertiary/aromatic N) is 2. The number of aromatic amines is 1. The van der Waals surface area contributed by atoms with Crippen LogP contribution >= 0.6 is 0 Å². The van der Waals surface area contributed by atoms with Gasteiger partial charge in [-0.3, -0.25) is 14.5 Å².